The molecule has 0 spiro atoms. The van der Waals surface area contributed by atoms with Gasteiger partial charge in [0.1, 0.15) is 13.0 Å². The number of benzene rings is 1. The Balaban J connectivity index is 1.96. The van der Waals surface area contributed by atoms with Crippen LogP contribution < -0.4 is 10.6 Å². The summed E-state index contributed by atoms with van der Waals surface area (Å²) in [7, 11) is 0. The molecule has 0 unspecified atom stereocenters. The maximum atomic E-state index is 12.0. The van der Waals surface area contributed by atoms with Crippen molar-refractivity contribution in [1.82, 2.24) is 9.88 Å². The number of carbonyl (C=O) groups is 2. The van der Waals surface area contributed by atoms with E-state index in [0.29, 0.717) is 5.69 Å². The van der Waals surface area contributed by atoms with Crippen LogP contribution in [0.25, 0.3) is 10.9 Å². The topological polar surface area (TPSA) is 63.1 Å². The molecule has 0 aliphatic rings. The highest BCUT2D eigenvalue weighted by atomic mass is 19.4. The summed E-state index contributed by atoms with van der Waals surface area (Å²) in [5.74, 6) is -1.64. The monoisotopic (exact) mass is 327 g/mol. The predicted molar refractivity (Wildman–Crippen MR) is 79.9 cm³/mol. The molecule has 0 fully saturated rings. The predicted octanol–water partition coefficient (Wildman–Crippen LogP) is 2.67. The molecule has 0 radical (unpaired) electrons. The summed E-state index contributed by atoms with van der Waals surface area (Å²) in [4.78, 5) is 23.0. The summed E-state index contributed by atoms with van der Waals surface area (Å²) >= 11 is 0. The molecule has 2 N–H and O–H groups in total. The number of anilines is 1. The van der Waals surface area contributed by atoms with Gasteiger partial charge >= 0.3 is 6.18 Å². The van der Waals surface area contributed by atoms with E-state index >= 15 is 0 Å². The first kappa shape index (κ1) is 16.9. The first-order valence-electron chi connectivity index (χ1n) is 7.00. The maximum Gasteiger partial charge on any atom is 0.405 e. The first-order chi connectivity index (χ1) is 10.8. The Bertz CT molecular complexity index is 722. The molecule has 23 heavy (non-hydrogen) atoms. The molecule has 124 valence electrons. The van der Waals surface area contributed by atoms with Gasteiger partial charge in [0.25, 0.3) is 0 Å². The molecule has 2 rings (SSSR count). The lowest BCUT2D eigenvalue weighted by atomic mass is 10.2. The number of halogens is 3. The second-order valence-electron chi connectivity index (χ2n) is 4.99. The van der Waals surface area contributed by atoms with Crippen molar-refractivity contribution in [3.05, 3.63) is 30.5 Å². The van der Waals surface area contributed by atoms with Gasteiger partial charge in [-0.05, 0) is 30.5 Å². The fraction of sp³-hybridized carbons (Fsp3) is 0.333. The summed E-state index contributed by atoms with van der Waals surface area (Å²) in [6.45, 7) is 1.30. The van der Waals surface area contributed by atoms with E-state index in [1.807, 2.05) is 29.8 Å². The Morgan fingerprint density at radius 3 is 2.57 bits per heavy atom. The summed E-state index contributed by atoms with van der Waals surface area (Å²) in [6, 6.07) is 7.19. The van der Waals surface area contributed by atoms with Crippen LogP contribution in [0, 0.1) is 0 Å². The number of nitrogens with one attached hydrogen (secondary N) is 2. The number of aryl methyl sites for hydroxylation is 1. The number of carbonyl (C=O) groups excluding carboxylic acids is 2. The van der Waals surface area contributed by atoms with Crippen LogP contribution in [0.5, 0.6) is 0 Å². The van der Waals surface area contributed by atoms with Gasteiger partial charge in [0.2, 0.25) is 11.8 Å². The van der Waals surface area contributed by atoms with Crippen molar-refractivity contribution >= 4 is 28.4 Å². The molecule has 1 heterocycles. The van der Waals surface area contributed by atoms with Crippen molar-refractivity contribution in [2.75, 3.05) is 11.9 Å². The summed E-state index contributed by atoms with van der Waals surface area (Å²) in [6.07, 6.45) is -3.24. The summed E-state index contributed by atoms with van der Waals surface area (Å²) in [5.41, 5.74) is 1.41. The number of hydrogen-bond acceptors (Lipinski definition) is 2. The van der Waals surface area contributed by atoms with Crippen molar-refractivity contribution in [3.8, 4) is 0 Å². The Labute approximate surface area is 130 Å². The third-order valence-corrected chi connectivity index (χ3v) is 3.21. The number of nitrogens with zero attached hydrogens (tertiary/aromatic N) is 1. The quantitative estimate of drug-likeness (QED) is 0.830. The fourth-order valence-corrected chi connectivity index (χ4v) is 2.15. The minimum atomic E-state index is -4.50. The van der Waals surface area contributed by atoms with Crippen molar-refractivity contribution in [2.45, 2.75) is 26.1 Å². The number of amides is 2. The molecule has 1 aromatic carbocycles. The second-order valence-corrected chi connectivity index (χ2v) is 4.99. The van der Waals surface area contributed by atoms with Gasteiger partial charge in [-0.15, -0.1) is 0 Å². The van der Waals surface area contributed by atoms with Crippen LogP contribution in [-0.2, 0) is 16.1 Å². The molecule has 0 aliphatic carbocycles. The minimum absolute atomic E-state index is 0.486. The largest absolute Gasteiger partial charge is 0.405 e. The standard InChI is InChI=1S/C15H16F3N3O2/c1-2-21-6-5-10-3-4-11(7-12(10)21)20-14(23)8-13(22)19-9-15(16,17)18/h3-7H,2,8-9H2,1H3,(H,19,22)(H,20,23). The van der Waals surface area contributed by atoms with E-state index in [0.717, 1.165) is 17.4 Å². The van der Waals surface area contributed by atoms with E-state index in [9.17, 15) is 22.8 Å². The number of hydrogen-bond donors (Lipinski definition) is 2. The van der Waals surface area contributed by atoms with E-state index in [1.165, 1.54) is 0 Å². The summed E-state index contributed by atoms with van der Waals surface area (Å²) in [5, 5.41) is 5.17. The zero-order valence-corrected chi connectivity index (χ0v) is 12.4. The molecule has 5 nitrogen and oxygen atoms in total. The lowest BCUT2D eigenvalue weighted by molar-refractivity contribution is -0.140. The lowest BCUT2D eigenvalue weighted by Crippen LogP contribution is -2.35. The number of rotatable bonds is 5. The second kappa shape index (κ2) is 6.72. The summed E-state index contributed by atoms with van der Waals surface area (Å²) < 4.78 is 37.9. The van der Waals surface area contributed by atoms with Gasteiger partial charge in [0.15, 0.2) is 0 Å². The highest BCUT2D eigenvalue weighted by Crippen LogP contribution is 2.20. The van der Waals surface area contributed by atoms with Gasteiger partial charge in [0.05, 0.1) is 5.52 Å². The van der Waals surface area contributed by atoms with Crippen LogP contribution in [-0.4, -0.2) is 29.1 Å². The van der Waals surface area contributed by atoms with Crippen LogP contribution >= 0.6 is 0 Å². The third-order valence-electron chi connectivity index (χ3n) is 3.21. The molecular weight excluding hydrogens is 311 g/mol. The molecule has 0 aliphatic heterocycles. The minimum Gasteiger partial charge on any atom is -0.348 e. The van der Waals surface area contributed by atoms with Gasteiger partial charge in [-0.2, -0.15) is 13.2 Å². The number of aromatic nitrogens is 1. The van der Waals surface area contributed by atoms with E-state index in [4.69, 9.17) is 0 Å². The average Bonchev–Trinajstić information content (AvgIpc) is 2.86. The van der Waals surface area contributed by atoms with Crippen LogP contribution in [0.3, 0.4) is 0 Å². The van der Waals surface area contributed by atoms with Crippen LogP contribution in [0.1, 0.15) is 13.3 Å². The molecule has 0 saturated carbocycles. The van der Waals surface area contributed by atoms with Crippen molar-refractivity contribution in [1.29, 1.82) is 0 Å². The number of fused-ring (bicyclic) bond motifs is 1. The zero-order chi connectivity index (χ0) is 17.0. The Hall–Kier alpha value is -2.51. The van der Waals surface area contributed by atoms with Gasteiger partial charge in [-0.25, -0.2) is 0 Å². The normalized spacial score (nSPS) is 11.5. The average molecular weight is 327 g/mol. The van der Waals surface area contributed by atoms with Crippen molar-refractivity contribution in [3.63, 3.8) is 0 Å². The SMILES string of the molecule is CCn1ccc2ccc(NC(=O)CC(=O)NCC(F)(F)F)cc21. The van der Waals surface area contributed by atoms with Gasteiger partial charge < -0.3 is 15.2 Å². The first-order valence-corrected chi connectivity index (χ1v) is 7.00. The molecule has 0 saturated heterocycles. The zero-order valence-electron chi connectivity index (χ0n) is 12.4. The van der Waals surface area contributed by atoms with Crippen molar-refractivity contribution < 1.29 is 22.8 Å². The van der Waals surface area contributed by atoms with Gasteiger partial charge in [-0.3, -0.25) is 9.59 Å². The van der Waals surface area contributed by atoms with Gasteiger partial charge in [-0.1, -0.05) is 6.07 Å². The van der Waals surface area contributed by atoms with Crippen LogP contribution in [0.15, 0.2) is 30.5 Å². The molecular formula is C15H16F3N3O2. The Morgan fingerprint density at radius 1 is 1.17 bits per heavy atom. The van der Waals surface area contributed by atoms with E-state index < -0.39 is 31.0 Å². The molecule has 8 heteroatoms. The third kappa shape index (κ3) is 4.73. The molecule has 0 bridgehead atoms. The molecule has 1 aromatic heterocycles. The highest BCUT2D eigenvalue weighted by molar-refractivity contribution is 6.04. The van der Waals surface area contributed by atoms with E-state index in [2.05, 4.69) is 5.32 Å². The Morgan fingerprint density at radius 2 is 1.91 bits per heavy atom. The van der Waals surface area contributed by atoms with E-state index in [1.54, 1.807) is 17.4 Å². The van der Waals surface area contributed by atoms with Crippen molar-refractivity contribution in [2.24, 2.45) is 0 Å². The van der Waals surface area contributed by atoms with Crippen LogP contribution in [0.2, 0.25) is 0 Å². The smallest absolute Gasteiger partial charge is 0.348 e. The highest BCUT2D eigenvalue weighted by Gasteiger charge is 2.28. The van der Waals surface area contributed by atoms with Gasteiger partial charge in [0, 0.05) is 18.4 Å². The Kier molecular flexibility index (Phi) is 4.92. The molecule has 0 atom stereocenters. The lowest BCUT2D eigenvalue weighted by Gasteiger charge is -2.09. The fourth-order valence-electron chi connectivity index (χ4n) is 2.15. The number of alkyl halides is 3. The van der Waals surface area contributed by atoms with E-state index in [-0.39, 0.29) is 0 Å². The maximum absolute atomic E-state index is 12.0. The molecule has 2 aromatic rings. The van der Waals surface area contributed by atoms with Crippen LogP contribution in [0.4, 0.5) is 18.9 Å². The molecule has 2 amide bonds.